The molecule has 0 atom stereocenters. The number of rotatable bonds is 7. The molecule has 0 saturated carbocycles. The van der Waals surface area contributed by atoms with E-state index in [2.05, 4.69) is 25.8 Å². The van der Waals surface area contributed by atoms with E-state index in [4.69, 9.17) is 4.74 Å². The molecule has 1 aromatic heterocycles. The van der Waals surface area contributed by atoms with Crippen molar-refractivity contribution < 1.29 is 13.9 Å². The van der Waals surface area contributed by atoms with E-state index in [-0.39, 0.29) is 18.4 Å². The zero-order chi connectivity index (χ0) is 19.1. The maximum Gasteiger partial charge on any atom is 0.340 e. The summed E-state index contributed by atoms with van der Waals surface area (Å²) in [7, 11) is 0. The van der Waals surface area contributed by atoms with Gasteiger partial charge in [-0.3, -0.25) is 0 Å². The topological polar surface area (TPSA) is 89.0 Å². The lowest BCUT2D eigenvalue weighted by Crippen LogP contribution is -2.10. The van der Waals surface area contributed by atoms with Crippen LogP contribution >= 0.6 is 0 Å². The van der Waals surface area contributed by atoms with Crippen molar-refractivity contribution in [1.29, 1.82) is 0 Å². The maximum absolute atomic E-state index is 13.0. The normalized spacial score (nSPS) is 10.3. The van der Waals surface area contributed by atoms with Crippen LogP contribution in [-0.2, 0) is 11.3 Å². The Morgan fingerprint density at radius 2 is 1.93 bits per heavy atom. The average Bonchev–Trinajstić information content (AvgIpc) is 2.68. The fourth-order valence-corrected chi connectivity index (χ4v) is 2.34. The van der Waals surface area contributed by atoms with E-state index < -0.39 is 5.97 Å². The SMILES string of the molecule is CCOC(=O)c1ccccc1Nc1nncc(NCc2ccc(F)cc2)n1. The Kier molecular flexibility index (Phi) is 5.88. The standard InChI is InChI=1S/C19H18FN5O2/c1-2-27-18(26)15-5-3-4-6-16(15)23-19-24-17(12-22-25-19)21-11-13-7-9-14(20)10-8-13/h3-10,12H,2,11H2,1H3,(H2,21,23,24,25). The van der Waals surface area contributed by atoms with Crippen molar-refractivity contribution in [3.05, 3.63) is 71.7 Å². The van der Waals surface area contributed by atoms with E-state index >= 15 is 0 Å². The molecule has 3 aromatic rings. The second-order valence-electron chi connectivity index (χ2n) is 5.54. The molecule has 138 valence electrons. The maximum atomic E-state index is 13.0. The van der Waals surface area contributed by atoms with Crippen LogP contribution in [0.4, 0.5) is 21.8 Å². The largest absolute Gasteiger partial charge is 0.462 e. The molecule has 0 fully saturated rings. The molecule has 0 aliphatic carbocycles. The number of benzene rings is 2. The van der Waals surface area contributed by atoms with Crippen molar-refractivity contribution in [1.82, 2.24) is 15.2 Å². The zero-order valence-corrected chi connectivity index (χ0v) is 14.6. The predicted octanol–water partition coefficient (Wildman–Crippen LogP) is 3.54. The summed E-state index contributed by atoms with van der Waals surface area (Å²) in [6.45, 7) is 2.49. The van der Waals surface area contributed by atoms with Crippen LogP contribution in [0.3, 0.4) is 0 Å². The highest BCUT2D eigenvalue weighted by Gasteiger charge is 2.13. The van der Waals surface area contributed by atoms with Crippen LogP contribution in [0.5, 0.6) is 0 Å². The van der Waals surface area contributed by atoms with Gasteiger partial charge in [0.05, 0.1) is 24.1 Å². The second kappa shape index (κ2) is 8.70. The summed E-state index contributed by atoms with van der Waals surface area (Å²) in [5.41, 5.74) is 1.80. The molecule has 1 heterocycles. The molecule has 7 nitrogen and oxygen atoms in total. The van der Waals surface area contributed by atoms with Crippen molar-refractivity contribution in [3.63, 3.8) is 0 Å². The van der Waals surface area contributed by atoms with Gasteiger partial charge in [0.25, 0.3) is 0 Å². The van der Waals surface area contributed by atoms with E-state index in [0.29, 0.717) is 23.6 Å². The number of esters is 1. The molecule has 0 amide bonds. The molecule has 2 N–H and O–H groups in total. The number of aromatic nitrogens is 3. The van der Waals surface area contributed by atoms with Crippen molar-refractivity contribution in [2.45, 2.75) is 13.5 Å². The van der Waals surface area contributed by atoms with Crippen LogP contribution in [0, 0.1) is 5.82 Å². The number of para-hydroxylation sites is 1. The zero-order valence-electron chi connectivity index (χ0n) is 14.6. The predicted molar refractivity (Wildman–Crippen MR) is 99.2 cm³/mol. The van der Waals surface area contributed by atoms with Crippen LogP contribution in [0.25, 0.3) is 0 Å². The number of hydrogen-bond donors (Lipinski definition) is 2. The molecule has 0 spiro atoms. The lowest BCUT2D eigenvalue weighted by atomic mass is 10.2. The van der Waals surface area contributed by atoms with Crippen LogP contribution in [0.15, 0.2) is 54.7 Å². The summed E-state index contributed by atoms with van der Waals surface area (Å²) >= 11 is 0. The summed E-state index contributed by atoms with van der Waals surface area (Å²) in [6.07, 6.45) is 1.48. The molecule has 0 bridgehead atoms. The summed E-state index contributed by atoms with van der Waals surface area (Å²) in [6, 6.07) is 13.1. The number of carbonyl (C=O) groups excluding carboxylic acids is 1. The van der Waals surface area contributed by atoms with Crippen molar-refractivity contribution >= 4 is 23.4 Å². The summed E-state index contributed by atoms with van der Waals surface area (Å²) in [4.78, 5) is 16.4. The van der Waals surface area contributed by atoms with Gasteiger partial charge in [0.1, 0.15) is 5.82 Å². The minimum atomic E-state index is -0.431. The van der Waals surface area contributed by atoms with E-state index in [1.807, 2.05) is 0 Å². The van der Waals surface area contributed by atoms with Crippen LogP contribution in [0.2, 0.25) is 0 Å². The fourth-order valence-electron chi connectivity index (χ4n) is 2.34. The first-order valence-electron chi connectivity index (χ1n) is 8.37. The Bertz CT molecular complexity index is 918. The number of hydrogen-bond acceptors (Lipinski definition) is 7. The third kappa shape index (κ3) is 4.97. The van der Waals surface area contributed by atoms with Gasteiger partial charge in [-0.15, -0.1) is 5.10 Å². The molecule has 0 aliphatic rings. The number of anilines is 3. The average molecular weight is 367 g/mol. The molecular formula is C19H18FN5O2. The summed E-state index contributed by atoms with van der Waals surface area (Å²) < 4.78 is 18.0. The van der Waals surface area contributed by atoms with E-state index in [1.54, 1.807) is 43.3 Å². The minimum Gasteiger partial charge on any atom is -0.462 e. The number of carbonyl (C=O) groups is 1. The molecule has 0 radical (unpaired) electrons. The van der Waals surface area contributed by atoms with Gasteiger partial charge in [-0.05, 0) is 36.8 Å². The van der Waals surface area contributed by atoms with E-state index in [9.17, 15) is 9.18 Å². The molecule has 3 rings (SSSR count). The Hall–Kier alpha value is -3.55. The van der Waals surface area contributed by atoms with Crippen molar-refractivity contribution in [2.75, 3.05) is 17.2 Å². The Balaban J connectivity index is 1.71. The molecule has 27 heavy (non-hydrogen) atoms. The van der Waals surface area contributed by atoms with Gasteiger partial charge in [0.2, 0.25) is 5.95 Å². The fraction of sp³-hybridized carbons (Fsp3) is 0.158. The summed E-state index contributed by atoms with van der Waals surface area (Å²) in [5.74, 6) is 0.00893. The molecule has 8 heteroatoms. The van der Waals surface area contributed by atoms with Crippen LogP contribution in [-0.4, -0.2) is 27.8 Å². The quantitative estimate of drug-likeness (QED) is 0.617. The molecular weight excluding hydrogens is 349 g/mol. The highest BCUT2D eigenvalue weighted by molar-refractivity contribution is 5.96. The van der Waals surface area contributed by atoms with Gasteiger partial charge < -0.3 is 15.4 Å². The van der Waals surface area contributed by atoms with Crippen molar-refractivity contribution in [2.24, 2.45) is 0 Å². The summed E-state index contributed by atoms with van der Waals surface area (Å²) in [5, 5.41) is 13.9. The van der Waals surface area contributed by atoms with E-state index in [1.165, 1.54) is 18.3 Å². The second-order valence-corrected chi connectivity index (χ2v) is 5.54. The Labute approximate surface area is 155 Å². The van der Waals surface area contributed by atoms with Crippen LogP contribution < -0.4 is 10.6 Å². The number of nitrogens with one attached hydrogen (secondary N) is 2. The first-order chi connectivity index (χ1) is 13.2. The monoisotopic (exact) mass is 367 g/mol. The minimum absolute atomic E-state index is 0.232. The number of ether oxygens (including phenoxy) is 1. The van der Waals surface area contributed by atoms with Crippen molar-refractivity contribution in [3.8, 4) is 0 Å². The van der Waals surface area contributed by atoms with Gasteiger partial charge in [-0.25, -0.2) is 9.18 Å². The number of halogens is 1. The lowest BCUT2D eigenvalue weighted by Gasteiger charge is -2.11. The molecule has 0 aliphatic heterocycles. The molecule has 0 saturated heterocycles. The Morgan fingerprint density at radius 3 is 2.70 bits per heavy atom. The first-order valence-corrected chi connectivity index (χ1v) is 8.37. The lowest BCUT2D eigenvalue weighted by molar-refractivity contribution is 0.0527. The van der Waals surface area contributed by atoms with Crippen LogP contribution in [0.1, 0.15) is 22.8 Å². The third-order valence-electron chi connectivity index (χ3n) is 3.61. The number of nitrogens with zero attached hydrogens (tertiary/aromatic N) is 3. The smallest absolute Gasteiger partial charge is 0.340 e. The van der Waals surface area contributed by atoms with Gasteiger partial charge in [-0.2, -0.15) is 10.1 Å². The highest BCUT2D eigenvalue weighted by Crippen LogP contribution is 2.20. The van der Waals surface area contributed by atoms with Gasteiger partial charge in [0.15, 0.2) is 5.82 Å². The van der Waals surface area contributed by atoms with Gasteiger partial charge >= 0.3 is 5.97 Å². The third-order valence-corrected chi connectivity index (χ3v) is 3.61. The molecule has 0 unspecified atom stereocenters. The highest BCUT2D eigenvalue weighted by atomic mass is 19.1. The Morgan fingerprint density at radius 1 is 1.15 bits per heavy atom. The van der Waals surface area contributed by atoms with Gasteiger partial charge in [0, 0.05) is 6.54 Å². The van der Waals surface area contributed by atoms with E-state index in [0.717, 1.165) is 5.56 Å². The first kappa shape index (κ1) is 18.2. The van der Waals surface area contributed by atoms with Gasteiger partial charge in [-0.1, -0.05) is 24.3 Å². The molecule has 2 aromatic carbocycles.